The number of hydrogen-bond donors (Lipinski definition) is 1. The summed E-state index contributed by atoms with van der Waals surface area (Å²) in [5.74, 6) is -4.71. The number of amides is 2. The normalized spacial score (nSPS) is 16.5. The predicted octanol–water partition coefficient (Wildman–Crippen LogP) is 3.00. The van der Waals surface area contributed by atoms with Crippen molar-refractivity contribution < 1.29 is 27.7 Å². The highest BCUT2D eigenvalue weighted by molar-refractivity contribution is 6.03. The van der Waals surface area contributed by atoms with Gasteiger partial charge in [0, 0.05) is 25.1 Å². The van der Waals surface area contributed by atoms with Crippen LogP contribution in [0.4, 0.5) is 30.2 Å². The minimum Gasteiger partial charge on any atom is -0.323 e. The zero-order chi connectivity index (χ0) is 19.7. The van der Waals surface area contributed by atoms with E-state index in [0.29, 0.717) is 0 Å². The Balaban J connectivity index is 1.77. The van der Waals surface area contributed by atoms with Crippen LogP contribution in [0.3, 0.4) is 0 Å². The number of carbonyl (C=O) groups is 2. The molecule has 7 nitrogen and oxygen atoms in total. The molecule has 2 aromatic carbocycles. The molecule has 1 heterocycles. The molecule has 1 fully saturated rings. The molecule has 2 aromatic rings. The maximum Gasteiger partial charge on any atom is 0.306 e. The molecule has 10 heteroatoms. The summed E-state index contributed by atoms with van der Waals surface area (Å²) < 4.78 is 40.3. The van der Waals surface area contributed by atoms with Crippen molar-refractivity contribution in [1.29, 1.82) is 0 Å². The Hall–Kier alpha value is -3.43. The van der Waals surface area contributed by atoms with Gasteiger partial charge in [-0.25, -0.2) is 8.78 Å². The summed E-state index contributed by atoms with van der Waals surface area (Å²) in [6.45, 7) is -0.135. The van der Waals surface area contributed by atoms with Gasteiger partial charge >= 0.3 is 5.69 Å². The molecule has 1 unspecified atom stereocenters. The van der Waals surface area contributed by atoms with Crippen LogP contribution in [0.5, 0.6) is 0 Å². The molecule has 0 bridgehead atoms. The van der Waals surface area contributed by atoms with Crippen LogP contribution in [0.2, 0.25) is 0 Å². The maximum atomic E-state index is 13.6. The number of nitrogens with one attached hydrogen (secondary N) is 1. The molecule has 0 saturated carbocycles. The monoisotopic (exact) mass is 379 g/mol. The summed E-state index contributed by atoms with van der Waals surface area (Å²) in [6.07, 6.45) is -0.228. The summed E-state index contributed by atoms with van der Waals surface area (Å²) in [6, 6.07) is 5.51. The first-order chi connectivity index (χ1) is 12.8. The predicted molar refractivity (Wildman–Crippen MR) is 88.5 cm³/mol. The van der Waals surface area contributed by atoms with Crippen LogP contribution in [-0.4, -0.2) is 23.3 Å². The van der Waals surface area contributed by atoms with E-state index in [1.807, 2.05) is 0 Å². The third-order valence-electron chi connectivity index (χ3n) is 4.12. The van der Waals surface area contributed by atoms with Crippen molar-refractivity contribution in [2.24, 2.45) is 5.92 Å². The first-order valence-corrected chi connectivity index (χ1v) is 7.76. The van der Waals surface area contributed by atoms with E-state index in [1.54, 1.807) is 0 Å². The van der Waals surface area contributed by atoms with Crippen LogP contribution in [0.25, 0.3) is 0 Å². The number of hydrogen-bond acceptors (Lipinski definition) is 4. The van der Waals surface area contributed by atoms with E-state index in [1.165, 1.54) is 6.07 Å². The Morgan fingerprint density at radius 3 is 2.56 bits per heavy atom. The van der Waals surface area contributed by atoms with E-state index in [0.717, 1.165) is 35.2 Å². The fourth-order valence-electron chi connectivity index (χ4n) is 2.77. The highest BCUT2D eigenvalue weighted by atomic mass is 19.1. The van der Waals surface area contributed by atoms with Gasteiger partial charge in [0.05, 0.1) is 22.2 Å². The van der Waals surface area contributed by atoms with Crippen molar-refractivity contribution in [3.63, 3.8) is 0 Å². The summed E-state index contributed by atoms with van der Waals surface area (Å²) in [5.41, 5.74) is -1.08. The van der Waals surface area contributed by atoms with Gasteiger partial charge in [-0.2, -0.15) is 4.39 Å². The van der Waals surface area contributed by atoms with E-state index in [-0.39, 0.29) is 24.3 Å². The molecule has 1 aliphatic rings. The third kappa shape index (κ3) is 3.73. The second-order valence-electron chi connectivity index (χ2n) is 5.91. The number of nitro groups is 1. The molecule has 0 spiro atoms. The summed E-state index contributed by atoms with van der Waals surface area (Å²) in [7, 11) is 0. The van der Waals surface area contributed by atoms with E-state index in [9.17, 15) is 32.9 Å². The highest BCUT2D eigenvalue weighted by Crippen LogP contribution is 2.30. The molecule has 2 amide bonds. The number of carbonyl (C=O) groups excluding carboxylic acids is 2. The fraction of sp³-hybridized carbons (Fsp3) is 0.176. The van der Waals surface area contributed by atoms with Gasteiger partial charge in [0.2, 0.25) is 17.6 Å². The van der Waals surface area contributed by atoms with Crippen LogP contribution in [0, 0.1) is 33.5 Å². The van der Waals surface area contributed by atoms with Gasteiger partial charge < -0.3 is 10.2 Å². The van der Waals surface area contributed by atoms with Gasteiger partial charge in [0.25, 0.3) is 0 Å². The average Bonchev–Trinajstić information content (AvgIpc) is 3.00. The topological polar surface area (TPSA) is 92.6 Å². The number of benzene rings is 2. The van der Waals surface area contributed by atoms with Crippen molar-refractivity contribution in [1.82, 2.24) is 0 Å². The first kappa shape index (κ1) is 18.4. The lowest BCUT2D eigenvalue weighted by molar-refractivity contribution is -0.387. The third-order valence-corrected chi connectivity index (χ3v) is 4.12. The molecule has 1 aliphatic heterocycles. The minimum absolute atomic E-state index is 0.0698. The number of halogens is 3. The number of rotatable bonds is 4. The molecule has 0 aliphatic carbocycles. The molecular weight excluding hydrogens is 367 g/mol. The quantitative estimate of drug-likeness (QED) is 0.653. The van der Waals surface area contributed by atoms with Crippen LogP contribution in [0.15, 0.2) is 36.4 Å². The number of nitrogens with zero attached hydrogens (tertiary/aromatic N) is 2. The zero-order valence-corrected chi connectivity index (χ0v) is 13.6. The standard InChI is InChI=1S/C17H12F3N3O4/c18-10-1-3-12(19)14(6-10)21-17(25)9-5-16(24)22(8-9)11-2-4-13(20)15(7-11)23(26)27/h1-4,6-7,9H,5,8H2,(H,21,25). The molecule has 1 N–H and O–H groups in total. The smallest absolute Gasteiger partial charge is 0.306 e. The Morgan fingerprint density at radius 1 is 1.15 bits per heavy atom. The molecule has 1 saturated heterocycles. The molecule has 1 atom stereocenters. The van der Waals surface area contributed by atoms with E-state index >= 15 is 0 Å². The lowest BCUT2D eigenvalue weighted by Gasteiger charge is -2.16. The second-order valence-corrected chi connectivity index (χ2v) is 5.91. The first-order valence-electron chi connectivity index (χ1n) is 7.76. The Morgan fingerprint density at radius 2 is 1.85 bits per heavy atom. The maximum absolute atomic E-state index is 13.6. The molecule has 0 aromatic heterocycles. The van der Waals surface area contributed by atoms with Crippen molar-refractivity contribution in [2.75, 3.05) is 16.8 Å². The van der Waals surface area contributed by atoms with Gasteiger partial charge in [0.15, 0.2) is 0 Å². The van der Waals surface area contributed by atoms with Crippen LogP contribution >= 0.6 is 0 Å². The van der Waals surface area contributed by atoms with Crippen molar-refractivity contribution in [3.05, 3.63) is 64.0 Å². The van der Waals surface area contributed by atoms with Crippen LogP contribution in [-0.2, 0) is 9.59 Å². The summed E-state index contributed by atoms with van der Waals surface area (Å²) >= 11 is 0. The Kier molecular flexibility index (Phi) is 4.80. The highest BCUT2D eigenvalue weighted by Gasteiger charge is 2.36. The van der Waals surface area contributed by atoms with Crippen molar-refractivity contribution >= 4 is 28.9 Å². The number of nitro benzene ring substituents is 1. The van der Waals surface area contributed by atoms with E-state index < -0.39 is 45.8 Å². The fourth-order valence-corrected chi connectivity index (χ4v) is 2.77. The SMILES string of the molecule is O=C(Nc1cc(F)ccc1F)C1CC(=O)N(c2ccc(F)c([N+](=O)[O-])c2)C1. The largest absolute Gasteiger partial charge is 0.323 e. The lowest BCUT2D eigenvalue weighted by Crippen LogP contribution is -2.28. The molecule has 27 heavy (non-hydrogen) atoms. The Labute approximate surface area is 150 Å². The van der Waals surface area contributed by atoms with Gasteiger partial charge in [0.1, 0.15) is 11.6 Å². The van der Waals surface area contributed by atoms with Gasteiger partial charge in [-0.1, -0.05) is 0 Å². The van der Waals surface area contributed by atoms with Crippen LogP contribution < -0.4 is 10.2 Å². The van der Waals surface area contributed by atoms with Crippen LogP contribution in [0.1, 0.15) is 6.42 Å². The average molecular weight is 379 g/mol. The van der Waals surface area contributed by atoms with Crippen molar-refractivity contribution in [3.8, 4) is 0 Å². The van der Waals surface area contributed by atoms with E-state index in [4.69, 9.17) is 0 Å². The molecule has 0 radical (unpaired) electrons. The van der Waals surface area contributed by atoms with E-state index in [2.05, 4.69) is 5.32 Å². The number of anilines is 2. The molecular formula is C17H12F3N3O4. The lowest BCUT2D eigenvalue weighted by atomic mass is 10.1. The van der Waals surface area contributed by atoms with Gasteiger partial charge in [-0.15, -0.1) is 0 Å². The van der Waals surface area contributed by atoms with Gasteiger partial charge in [-0.05, 0) is 24.3 Å². The van der Waals surface area contributed by atoms with Gasteiger partial charge in [-0.3, -0.25) is 19.7 Å². The Bertz CT molecular complexity index is 951. The second kappa shape index (κ2) is 7.06. The molecule has 140 valence electrons. The minimum atomic E-state index is -1.05. The van der Waals surface area contributed by atoms with Crippen molar-refractivity contribution in [2.45, 2.75) is 6.42 Å². The summed E-state index contributed by atoms with van der Waals surface area (Å²) in [4.78, 5) is 35.5. The summed E-state index contributed by atoms with van der Waals surface area (Å²) in [5, 5.41) is 13.1. The molecule has 3 rings (SSSR count). The zero-order valence-electron chi connectivity index (χ0n) is 13.6.